The second kappa shape index (κ2) is 6.80. The molecule has 1 aliphatic rings. The SMILES string of the molecule is Cc1ccc(S(=O)(=O)n2cc(-c3ccc4c(c3)OC(C)(F)O4)c3cc(Br)cnc32)cc1. The maximum Gasteiger partial charge on any atom is 0.404 e. The molecule has 5 rings (SSSR count). The lowest BCUT2D eigenvalue weighted by Crippen LogP contribution is -2.27. The molecule has 0 saturated heterocycles. The number of ether oxygens (including phenoxy) is 2. The van der Waals surface area contributed by atoms with Crippen LogP contribution in [-0.4, -0.2) is 23.4 Å². The van der Waals surface area contributed by atoms with Gasteiger partial charge in [0.15, 0.2) is 17.1 Å². The molecule has 0 bridgehead atoms. The topological polar surface area (TPSA) is 70.4 Å². The summed E-state index contributed by atoms with van der Waals surface area (Å²) in [6.07, 6.45) is 3.06. The number of alkyl halides is 1. The quantitative estimate of drug-likeness (QED) is 0.373. The fraction of sp³-hybridized carbons (Fsp3) is 0.136. The van der Waals surface area contributed by atoms with E-state index in [4.69, 9.17) is 9.47 Å². The molecular weight excluding hydrogens is 487 g/mol. The van der Waals surface area contributed by atoms with Gasteiger partial charge in [-0.1, -0.05) is 23.8 Å². The van der Waals surface area contributed by atoms with Crippen molar-refractivity contribution in [3.05, 3.63) is 71.0 Å². The maximum absolute atomic E-state index is 14.1. The first-order valence-electron chi connectivity index (χ1n) is 9.34. The van der Waals surface area contributed by atoms with E-state index in [9.17, 15) is 12.8 Å². The van der Waals surface area contributed by atoms with Crippen molar-refractivity contribution in [3.8, 4) is 22.6 Å². The molecule has 31 heavy (non-hydrogen) atoms. The smallest absolute Gasteiger partial charge is 0.404 e. The summed E-state index contributed by atoms with van der Waals surface area (Å²) < 4.78 is 53.0. The lowest BCUT2D eigenvalue weighted by Gasteiger charge is -2.10. The summed E-state index contributed by atoms with van der Waals surface area (Å²) in [6, 6.07) is 11.1. The highest BCUT2D eigenvalue weighted by Crippen LogP contribution is 2.43. The van der Waals surface area contributed by atoms with Crippen LogP contribution in [0.2, 0.25) is 0 Å². The lowest BCUT2D eigenvalue weighted by molar-refractivity contribution is -0.173. The Kier molecular flexibility index (Phi) is 4.39. The first-order chi connectivity index (χ1) is 14.6. The van der Waals surface area contributed by atoms with Crippen molar-refractivity contribution >= 4 is 37.0 Å². The third kappa shape index (κ3) is 3.37. The van der Waals surface area contributed by atoms with E-state index in [1.807, 2.05) is 6.92 Å². The molecule has 0 fully saturated rings. The highest BCUT2D eigenvalue weighted by molar-refractivity contribution is 9.10. The van der Waals surface area contributed by atoms with Crippen molar-refractivity contribution in [1.29, 1.82) is 0 Å². The first kappa shape index (κ1) is 20.0. The van der Waals surface area contributed by atoms with Crippen molar-refractivity contribution in [1.82, 2.24) is 8.96 Å². The van der Waals surface area contributed by atoms with Crippen LogP contribution >= 0.6 is 15.9 Å². The van der Waals surface area contributed by atoms with Crippen molar-refractivity contribution in [2.24, 2.45) is 0 Å². The van der Waals surface area contributed by atoms with Crippen LogP contribution in [0.5, 0.6) is 11.5 Å². The molecule has 4 aromatic rings. The van der Waals surface area contributed by atoms with E-state index in [2.05, 4.69) is 20.9 Å². The van der Waals surface area contributed by atoms with Gasteiger partial charge >= 0.3 is 6.04 Å². The molecule has 0 amide bonds. The minimum Gasteiger partial charge on any atom is -0.423 e. The number of hydrogen-bond acceptors (Lipinski definition) is 5. The molecule has 0 N–H and O–H groups in total. The molecule has 0 saturated carbocycles. The summed E-state index contributed by atoms with van der Waals surface area (Å²) in [5, 5.41) is 0.618. The summed E-state index contributed by atoms with van der Waals surface area (Å²) in [7, 11) is -3.89. The van der Waals surface area contributed by atoms with Gasteiger partial charge in [-0.15, -0.1) is 0 Å². The Hall–Kier alpha value is -2.91. The van der Waals surface area contributed by atoms with Crippen LogP contribution in [0, 0.1) is 6.92 Å². The second-order valence-electron chi connectivity index (χ2n) is 7.38. The zero-order valence-corrected chi connectivity index (χ0v) is 18.9. The Balaban J connectivity index is 1.71. The van der Waals surface area contributed by atoms with Crippen LogP contribution < -0.4 is 9.47 Å². The van der Waals surface area contributed by atoms with Crippen molar-refractivity contribution < 1.29 is 22.3 Å². The zero-order chi connectivity index (χ0) is 22.0. The number of fused-ring (bicyclic) bond motifs is 2. The van der Waals surface area contributed by atoms with Gasteiger partial charge in [-0.05, 0) is 58.7 Å². The Morgan fingerprint density at radius 1 is 1.06 bits per heavy atom. The van der Waals surface area contributed by atoms with Gasteiger partial charge in [0.2, 0.25) is 0 Å². The molecular formula is C22H16BrFN2O4S. The number of nitrogens with zero attached hydrogens (tertiary/aromatic N) is 2. The van der Waals surface area contributed by atoms with Crippen LogP contribution in [0.4, 0.5) is 4.39 Å². The number of aryl methyl sites for hydroxylation is 1. The number of aromatic nitrogens is 2. The summed E-state index contributed by atoms with van der Waals surface area (Å²) in [5.74, 6) is 0.525. The summed E-state index contributed by atoms with van der Waals surface area (Å²) in [6.45, 7) is 3.06. The van der Waals surface area contributed by atoms with Gasteiger partial charge in [0.05, 0.1) is 4.90 Å². The number of halogens is 2. The molecule has 3 heterocycles. The summed E-state index contributed by atoms with van der Waals surface area (Å²) in [4.78, 5) is 4.51. The van der Waals surface area contributed by atoms with Gasteiger partial charge in [0.25, 0.3) is 10.0 Å². The molecule has 158 valence electrons. The number of rotatable bonds is 3. The standard InChI is InChI=1S/C22H16BrFN2O4S/c1-13-3-6-16(7-4-13)31(27,28)26-12-18(17-10-15(23)11-25-21(17)26)14-5-8-19-20(9-14)30-22(2,24)29-19/h3-12H,1-2H3. The first-order valence-corrected chi connectivity index (χ1v) is 11.6. The van der Waals surface area contributed by atoms with Gasteiger partial charge in [-0.25, -0.2) is 17.4 Å². The van der Waals surface area contributed by atoms with Crippen molar-refractivity contribution in [2.75, 3.05) is 0 Å². The number of hydrogen-bond donors (Lipinski definition) is 0. The Morgan fingerprint density at radius 3 is 2.52 bits per heavy atom. The minimum atomic E-state index is -3.89. The molecule has 9 heteroatoms. The van der Waals surface area contributed by atoms with Gasteiger partial charge in [0.1, 0.15) is 0 Å². The minimum absolute atomic E-state index is 0.158. The van der Waals surface area contributed by atoms with E-state index >= 15 is 0 Å². The van der Waals surface area contributed by atoms with Crippen LogP contribution in [0.3, 0.4) is 0 Å². The molecule has 2 aromatic heterocycles. The Labute approximate surface area is 186 Å². The maximum atomic E-state index is 14.1. The van der Waals surface area contributed by atoms with Gasteiger partial charge < -0.3 is 9.47 Å². The second-order valence-corrected chi connectivity index (χ2v) is 10.1. The molecule has 0 spiro atoms. The molecule has 2 aromatic carbocycles. The fourth-order valence-electron chi connectivity index (χ4n) is 3.54. The van der Waals surface area contributed by atoms with E-state index in [1.54, 1.807) is 54.7 Å². The zero-order valence-electron chi connectivity index (χ0n) is 16.5. The van der Waals surface area contributed by atoms with E-state index in [1.165, 1.54) is 17.1 Å². The third-order valence-electron chi connectivity index (χ3n) is 5.00. The van der Waals surface area contributed by atoms with Gasteiger partial charge in [-0.2, -0.15) is 4.39 Å². The molecule has 0 radical (unpaired) electrons. The molecule has 1 atom stereocenters. The monoisotopic (exact) mass is 502 g/mol. The molecule has 1 aliphatic heterocycles. The van der Waals surface area contributed by atoms with Gasteiger partial charge in [0, 0.05) is 34.7 Å². The summed E-state index contributed by atoms with van der Waals surface area (Å²) >= 11 is 3.40. The normalized spacial score (nSPS) is 17.9. The highest BCUT2D eigenvalue weighted by atomic mass is 79.9. The summed E-state index contributed by atoms with van der Waals surface area (Å²) in [5.41, 5.74) is 2.49. The lowest BCUT2D eigenvalue weighted by atomic mass is 10.1. The highest BCUT2D eigenvalue weighted by Gasteiger charge is 2.37. The van der Waals surface area contributed by atoms with Crippen LogP contribution in [0.15, 0.2) is 70.3 Å². The van der Waals surface area contributed by atoms with E-state index in [0.29, 0.717) is 21.0 Å². The average Bonchev–Trinajstić information content (AvgIpc) is 3.23. The van der Waals surface area contributed by atoms with E-state index in [-0.39, 0.29) is 22.0 Å². The largest absolute Gasteiger partial charge is 0.423 e. The van der Waals surface area contributed by atoms with Crippen LogP contribution in [0.1, 0.15) is 12.5 Å². The van der Waals surface area contributed by atoms with E-state index in [0.717, 1.165) is 5.56 Å². The third-order valence-corrected chi connectivity index (χ3v) is 7.09. The number of benzene rings is 2. The van der Waals surface area contributed by atoms with Crippen LogP contribution in [-0.2, 0) is 10.0 Å². The van der Waals surface area contributed by atoms with E-state index < -0.39 is 16.1 Å². The van der Waals surface area contributed by atoms with Crippen molar-refractivity contribution in [3.63, 3.8) is 0 Å². The Morgan fingerprint density at radius 2 is 1.77 bits per heavy atom. The molecule has 6 nitrogen and oxygen atoms in total. The predicted molar refractivity (Wildman–Crippen MR) is 117 cm³/mol. The van der Waals surface area contributed by atoms with Gasteiger partial charge in [-0.3, -0.25) is 0 Å². The average molecular weight is 503 g/mol. The predicted octanol–water partition coefficient (Wildman–Crippen LogP) is 5.43. The Bertz CT molecular complexity index is 1450. The molecule has 1 unspecified atom stereocenters. The molecule has 0 aliphatic carbocycles. The van der Waals surface area contributed by atoms with Crippen molar-refractivity contribution in [2.45, 2.75) is 24.8 Å². The van der Waals surface area contributed by atoms with Crippen LogP contribution in [0.25, 0.3) is 22.2 Å². The fourth-order valence-corrected chi connectivity index (χ4v) is 5.20. The number of pyridine rings is 1.